The van der Waals surface area contributed by atoms with Gasteiger partial charge in [-0.15, -0.1) is 0 Å². The van der Waals surface area contributed by atoms with Crippen molar-refractivity contribution in [3.05, 3.63) is 12.3 Å². The number of fused-ring (bicyclic) bond motifs is 1. The summed E-state index contributed by atoms with van der Waals surface area (Å²) in [6.45, 7) is 1.93. The molecule has 2 aliphatic rings. The molecule has 1 amide bonds. The maximum absolute atomic E-state index is 11.9. The third-order valence-electron chi connectivity index (χ3n) is 3.41. The van der Waals surface area contributed by atoms with Crippen LogP contribution in [0.15, 0.2) is 12.3 Å². The Labute approximate surface area is 101 Å². The number of carbonyl (C=O) groups is 2. The molecule has 0 aromatic carbocycles. The number of carboxylic acid groups (broad SMARTS) is 1. The van der Waals surface area contributed by atoms with Crippen LogP contribution in [0.3, 0.4) is 0 Å². The predicted octanol–water partition coefficient (Wildman–Crippen LogP) is 0.671. The highest BCUT2D eigenvalue weighted by Crippen LogP contribution is 2.21. The van der Waals surface area contributed by atoms with Crippen LogP contribution in [0.25, 0.3) is 0 Å². The van der Waals surface area contributed by atoms with E-state index in [1.807, 2.05) is 9.80 Å². The Morgan fingerprint density at radius 1 is 1.35 bits per heavy atom. The molecule has 5 nitrogen and oxygen atoms in total. The van der Waals surface area contributed by atoms with Crippen LogP contribution in [0, 0.1) is 0 Å². The SMILES string of the molecule is O=C(O)/C=C/N1CC(=O)N2CCCCCC2C1. The minimum absolute atomic E-state index is 0.123. The second-order valence-corrected chi connectivity index (χ2v) is 4.67. The van der Waals surface area contributed by atoms with Crippen LogP contribution >= 0.6 is 0 Å². The van der Waals surface area contributed by atoms with Gasteiger partial charge in [0.25, 0.3) is 0 Å². The number of nitrogens with zero attached hydrogens (tertiary/aromatic N) is 2. The van der Waals surface area contributed by atoms with Gasteiger partial charge in [-0.05, 0) is 12.8 Å². The monoisotopic (exact) mass is 238 g/mol. The fourth-order valence-electron chi connectivity index (χ4n) is 2.58. The fraction of sp³-hybridized carbons (Fsp3) is 0.667. The molecule has 2 rings (SSSR count). The molecule has 0 aromatic rings. The zero-order valence-corrected chi connectivity index (χ0v) is 9.84. The number of piperazine rings is 1. The summed E-state index contributed by atoms with van der Waals surface area (Å²) in [5.41, 5.74) is 0. The third-order valence-corrected chi connectivity index (χ3v) is 3.41. The second-order valence-electron chi connectivity index (χ2n) is 4.67. The molecule has 5 heteroatoms. The molecule has 17 heavy (non-hydrogen) atoms. The topological polar surface area (TPSA) is 60.9 Å². The Balaban J connectivity index is 2.02. The highest BCUT2D eigenvalue weighted by molar-refractivity contribution is 5.81. The van der Waals surface area contributed by atoms with Gasteiger partial charge in [0.15, 0.2) is 0 Å². The maximum atomic E-state index is 11.9. The van der Waals surface area contributed by atoms with Crippen molar-refractivity contribution in [2.75, 3.05) is 19.6 Å². The quantitative estimate of drug-likeness (QED) is 0.718. The van der Waals surface area contributed by atoms with Crippen molar-refractivity contribution in [1.29, 1.82) is 0 Å². The lowest BCUT2D eigenvalue weighted by molar-refractivity contribution is -0.138. The van der Waals surface area contributed by atoms with Crippen LogP contribution in [0.4, 0.5) is 0 Å². The molecule has 2 fully saturated rings. The highest BCUT2D eigenvalue weighted by Gasteiger charge is 2.31. The van der Waals surface area contributed by atoms with Crippen molar-refractivity contribution in [1.82, 2.24) is 9.80 Å². The molecular weight excluding hydrogens is 220 g/mol. The molecule has 2 aliphatic heterocycles. The van der Waals surface area contributed by atoms with Crippen LogP contribution < -0.4 is 0 Å². The van der Waals surface area contributed by atoms with Crippen LogP contribution in [-0.4, -0.2) is 52.5 Å². The summed E-state index contributed by atoms with van der Waals surface area (Å²) in [7, 11) is 0. The van der Waals surface area contributed by atoms with Crippen LogP contribution in [-0.2, 0) is 9.59 Å². The minimum atomic E-state index is -0.972. The first-order valence-corrected chi connectivity index (χ1v) is 6.11. The van der Waals surface area contributed by atoms with Crippen molar-refractivity contribution in [2.24, 2.45) is 0 Å². The Bertz CT molecular complexity index is 341. The van der Waals surface area contributed by atoms with Gasteiger partial charge in [-0.1, -0.05) is 12.8 Å². The van der Waals surface area contributed by atoms with E-state index in [9.17, 15) is 9.59 Å². The summed E-state index contributed by atoms with van der Waals surface area (Å²) in [5.74, 6) is -0.848. The summed E-state index contributed by atoms with van der Waals surface area (Å²) in [5, 5.41) is 8.58. The van der Waals surface area contributed by atoms with Gasteiger partial charge in [0.1, 0.15) is 0 Å². The van der Waals surface area contributed by atoms with E-state index in [1.54, 1.807) is 0 Å². The number of hydrogen-bond donors (Lipinski definition) is 1. The second kappa shape index (κ2) is 5.21. The number of carbonyl (C=O) groups excluding carboxylic acids is 1. The van der Waals surface area contributed by atoms with Crippen LogP contribution in [0.5, 0.6) is 0 Å². The molecule has 0 aromatic heterocycles. The number of carboxylic acids is 1. The van der Waals surface area contributed by atoms with Crippen molar-refractivity contribution in [3.63, 3.8) is 0 Å². The zero-order chi connectivity index (χ0) is 12.3. The average molecular weight is 238 g/mol. The normalized spacial score (nSPS) is 25.9. The lowest BCUT2D eigenvalue weighted by Gasteiger charge is -2.39. The minimum Gasteiger partial charge on any atom is -0.478 e. The van der Waals surface area contributed by atoms with E-state index in [2.05, 4.69) is 0 Å². The molecule has 0 spiro atoms. The lowest BCUT2D eigenvalue weighted by Crippen LogP contribution is -2.54. The molecule has 1 N–H and O–H groups in total. The Morgan fingerprint density at radius 3 is 2.94 bits per heavy atom. The lowest BCUT2D eigenvalue weighted by atomic mass is 10.1. The molecular formula is C12H18N2O3. The molecule has 94 valence electrons. The van der Waals surface area contributed by atoms with Gasteiger partial charge in [0.05, 0.1) is 6.54 Å². The van der Waals surface area contributed by atoms with E-state index in [-0.39, 0.29) is 11.9 Å². The Kier molecular flexibility index (Phi) is 3.66. The van der Waals surface area contributed by atoms with Gasteiger partial charge >= 0.3 is 5.97 Å². The van der Waals surface area contributed by atoms with Gasteiger partial charge in [-0.25, -0.2) is 4.79 Å². The van der Waals surface area contributed by atoms with Crippen molar-refractivity contribution in [2.45, 2.75) is 31.7 Å². The molecule has 0 aliphatic carbocycles. The van der Waals surface area contributed by atoms with Crippen molar-refractivity contribution in [3.8, 4) is 0 Å². The summed E-state index contributed by atoms with van der Waals surface area (Å²) >= 11 is 0. The van der Waals surface area contributed by atoms with Crippen LogP contribution in [0.1, 0.15) is 25.7 Å². The molecule has 0 bridgehead atoms. The Morgan fingerprint density at radius 2 is 2.18 bits per heavy atom. The van der Waals surface area contributed by atoms with E-state index >= 15 is 0 Å². The van der Waals surface area contributed by atoms with Gasteiger partial charge in [-0.3, -0.25) is 4.79 Å². The van der Waals surface area contributed by atoms with E-state index in [0.717, 1.165) is 38.4 Å². The van der Waals surface area contributed by atoms with Gasteiger partial charge in [0.2, 0.25) is 5.91 Å². The van der Waals surface area contributed by atoms with Crippen molar-refractivity contribution < 1.29 is 14.7 Å². The van der Waals surface area contributed by atoms with E-state index in [0.29, 0.717) is 6.54 Å². The van der Waals surface area contributed by atoms with Crippen LogP contribution in [0.2, 0.25) is 0 Å². The first-order valence-electron chi connectivity index (χ1n) is 6.11. The fourth-order valence-corrected chi connectivity index (χ4v) is 2.58. The molecule has 0 radical (unpaired) electrons. The smallest absolute Gasteiger partial charge is 0.329 e. The van der Waals surface area contributed by atoms with E-state index in [1.165, 1.54) is 12.6 Å². The average Bonchev–Trinajstić information content (AvgIpc) is 2.51. The van der Waals surface area contributed by atoms with Gasteiger partial charge in [0, 0.05) is 31.4 Å². The molecule has 0 saturated carbocycles. The van der Waals surface area contributed by atoms with Gasteiger partial charge < -0.3 is 14.9 Å². The number of amides is 1. The summed E-state index contributed by atoms with van der Waals surface area (Å²) in [6.07, 6.45) is 7.08. The first kappa shape index (κ1) is 12.0. The number of hydrogen-bond acceptors (Lipinski definition) is 3. The largest absolute Gasteiger partial charge is 0.478 e. The van der Waals surface area contributed by atoms with E-state index in [4.69, 9.17) is 5.11 Å². The van der Waals surface area contributed by atoms with Gasteiger partial charge in [-0.2, -0.15) is 0 Å². The third kappa shape index (κ3) is 2.99. The summed E-state index contributed by atoms with van der Waals surface area (Å²) in [4.78, 5) is 26.2. The maximum Gasteiger partial charge on any atom is 0.329 e. The van der Waals surface area contributed by atoms with E-state index < -0.39 is 5.97 Å². The highest BCUT2D eigenvalue weighted by atomic mass is 16.4. The first-order chi connectivity index (χ1) is 8.16. The molecule has 1 atom stereocenters. The number of aliphatic carboxylic acids is 1. The predicted molar refractivity (Wildman–Crippen MR) is 62.3 cm³/mol. The zero-order valence-electron chi connectivity index (χ0n) is 9.84. The van der Waals surface area contributed by atoms with Crippen molar-refractivity contribution >= 4 is 11.9 Å². The molecule has 1 unspecified atom stereocenters. The number of rotatable bonds is 2. The standard InChI is InChI=1S/C12H18N2O3/c15-11-9-13(7-5-12(16)17)8-10-4-2-1-3-6-14(10)11/h5,7,10H,1-4,6,8-9H2,(H,16,17)/b7-5+. The summed E-state index contributed by atoms with van der Waals surface area (Å²) < 4.78 is 0. The molecule has 2 saturated heterocycles. The molecule has 2 heterocycles. The summed E-state index contributed by atoms with van der Waals surface area (Å²) in [6, 6.07) is 0.261. The Hall–Kier alpha value is -1.52.